The van der Waals surface area contributed by atoms with Gasteiger partial charge >= 0.3 is 11.1 Å². The zero-order chi connectivity index (χ0) is 8.97. The second-order valence-corrected chi connectivity index (χ2v) is 3.51. The lowest BCUT2D eigenvalue weighted by Gasteiger charge is -2.05. The third-order valence-electron chi connectivity index (χ3n) is 1.57. The van der Waals surface area contributed by atoms with Crippen LogP contribution in [0.4, 0.5) is 0 Å². The molecule has 0 spiro atoms. The van der Waals surface area contributed by atoms with Crippen LogP contribution in [0.15, 0.2) is 12.7 Å². The molecule has 0 bridgehead atoms. The summed E-state index contributed by atoms with van der Waals surface area (Å²) in [6.45, 7) is 6.86. The molecule has 1 amide bonds. The number of rotatable bonds is 2. The third-order valence-corrected chi connectivity index (χ3v) is 2.62. The third kappa shape index (κ3) is 2.11. The van der Waals surface area contributed by atoms with Crippen LogP contribution < -0.4 is 4.99 Å². The van der Waals surface area contributed by atoms with Crippen molar-refractivity contribution in [2.75, 3.05) is 18.8 Å². The molecule has 0 aromatic rings. The van der Waals surface area contributed by atoms with Crippen molar-refractivity contribution in [3.05, 3.63) is 12.7 Å². The molecule has 0 unspecified atom stereocenters. The van der Waals surface area contributed by atoms with Crippen molar-refractivity contribution in [1.82, 2.24) is 4.90 Å². The maximum atomic E-state index is 11.0. The molecule has 0 radical (unpaired) electrons. The summed E-state index contributed by atoms with van der Waals surface area (Å²) in [6, 6.07) is 0. The van der Waals surface area contributed by atoms with Crippen molar-refractivity contribution < 1.29 is 9.79 Å². The van der Waals surface area contributed by atoms with E-state index in [9.17, 15) is 4.79 Å². The van der Waals surface area contributed by atoms with Crippen LogP contribution in [0.5, 0.6) is 0 Å². The van der Waals surface area contributed by atoms with E-state index in [-0.39, 0.29) is 5.91 Å². The Bertz CT molecular complexity index is 225. The first-order valence-electron chi connectivity index (χ1n) is 3.88. The molecular formula is C8H13N2OS+. The van der Waals surface area contributed by atoms with Crippen LogP contribution in [0, 0.1) is 0 Å². The Balaban J connectivity index is 2.50. The minimum atomic E-state index is 0.103. The molecule has 0 atom stereocenters. The van der Waals surface area contributed by atoms with Crippen LogP contribution in [0.1, 0.15) is 6.92 Å². The highest BCUT2D eigenvalue weighted by molar-refractivity contribution is 8.13. The summed E-state index contributed by atoms with van der Waals surface area (Å²) in [5.74, 6) is 0.943. The summed E-state index contributed by atoms with van der Waals surface area (Å²) in [7, 11) is 0. The number of carbonyl (C=O) groups excluding carboxylic acids is 1. The molecule has 4 heteroatoms. The average molecular weight is 185 g/mol. The van der Waals surface area contributed by atoms with Crippen molar-refractivity contribution in [3.8, 4) is 0 Å². The van der Waals surface area contributed by atoms with E-state index < -0.39 is 0 Å². The number of thioether (sulfide) groups is 1. The maximum absolute atomic E-state index is 11.0. The molecule has 0 aliphatic carbocycles. The molecule has 66 valence electrons. The Hall–Kier alpha value is -0.770. The molecule has 0 saturated carbocycles. The fraction of sp³-hybridized carbons (Fsp3) is 0.500. The van der Waals surface area contributed by atoms with Crippen LogP contribution >= 0.6 is 11.8 Å². The van der Waals surface area contributed by atoms with Gasteiger partial charge in [-0.1, -0.05) is 6.08 Å². The van der Waals surface area contributed by atoms with Gasteiger partial charge in [-0.25, -0.2) is 4.79 Å². The van der Waals surface area contributed by atoms with Crippen molar-refractivity contribution in [2.45, 2.75) is 6.92 Å². The van der Waals surface area contributed by atoms with Crippen LogP contribution in [-0.4, -0.2) is 34.8 Å². The molecule has 0 aromatic carbocycles. The summed E-state index contributed by atoms with van der Waals surface area (Å²) in [5, 5.41) is 0.961. The Morgan fingerprint density at radius 3 is 3.25 bits per heavy atom. The lowest BCUT2D eigenvalue weighted by Crippen LogP contribution is -2.69. The predicted molar refractivity (Wildman–Crippen MR) is 50.9 cm³/mol. The van der Waals surface area contributed by atoms with Gasteiger partial charge in [0.25, 0.3) is 0 Å². The maximum Gasteiger partial charge on any atom is 0.314 e. The molecule has 1 N–H and O–H groups in total. The number of hydrogen-bond acceptors (Lipinski definition) is 2. The van der Waals surface area contributed by atoms with Gasteiger partial charge in [-0.15, -0.1) is 6.58 Å². The number of hydrogen-bond donors (Lipinski definition) is 1. The lowest BCUT2D eigenvalue weighted by atomic mass is 10.5. The van der Waals surface area contributed by atoms with Gasteiger partial charge in [0.05, 0.1) is 0 Å². The second-order valence-electron chi connectivity index (χ2n) is 2.50. The van der Waals surface area contributed by atoms with Crippen molar-refractivity contribution >= 4 is 22.8 Å². The first-order valence-corrected chi connectivity index (χ1v) is 4.87. The molecule has 1 rings (SSSR count). The minimum Gasteiger partial charge on any atom is -0.264 e. The van der Waals surface area contributed by atoms with Gasteiger partial charge in [0, 0.05) is 12.7 Å². The Morgan fingerprint density at radius 1 is 1.92 bits per heavy atom. The van der Waals surface area contributed by atoms with E-state index in [1.807, 2.05) is 6.08 Å². The largest absolute Gasteiger partial charge is 0.314 e. The monoisotopic (exact) mass is 185 g/mol. The first-order chi connectivity index (χ1) is 5.75. The quantitative estimate of drug-likeness (QED) is 0.572. The smallest absolute Gasteiger partial charge is 0.264 e. The van der Waals surface area contributed by atoms with Crippen LogP contribution in [-0.2, 0) is 4.79 Å². The molecule has 0 fully saturated rings. The van der Waals surface area contributed by atoms with E-state index in [4.69, 9.17) is 0 Å². The fourth-order valence-corrected chi connectivity index (χ4v) is 1.89. The molecule has 12 heavy (non-hydrogen) atoms. The normalized spacial score (nSPS) is 16.1. The summed E-state index contributed by atoms with van der Waals surface area (Å²) in [4.78, 5) is 16.0. The Labute approximate surface area is 76.5 Å². The van der Waals surface area contributed by atoms with Crippen LogP contribution in [0.3, 0.4) is 0 Å². The van der Waals surface area contributed by atoms with E-state index in [1.165, 1.54) is 0 Å². The fourth-order valence-electron chi connectivity index (χ4n) is 1.04. The standard InChI is InChI=1S/C8H12N2OS/c1-3-6-12-8-9-4-5-10(8)7(2)11/h3H,1,4-6H2,2H3/p+1. The minimum absolute atomic E-state index is 0.103. The molecule has 1 aliphatic heterocycles. The summed E-state index contributed by atoms with van der Waals surface area (Å²) < 4.78 is 0. The Kier molecular flexibility index (Phi) is 3.34. The Morgan fingerprint density at radius 2 is 2.67 bits per heavy atom. The number of carbonyl (C=O) groups is 1. The zero-order valence-electron chi connectivity index (χ0n) is 7.17. The number of amidine groups is 1. The highest BCUT2D eigenvalue weighted by Crippen LogP contribution is 2.06. The second kappa shape index (κ2) is 4.30. The average Bonchev–Trinajstić information content (AvgIpc) is 2.48. The van der Waals surface area contributed by atoms with E-state index in [2.05, 4.69) is 11.6 Å². The van der Waals surface area contributed by atoms with E-state index in [1.54, 1.807) is 23.6 Å². The van der Waals surface area contributed by atoms with Crippen molar-refractivity contribution in [3.63, 3.8) is 0 Å². The van der Waals surface area contributed by atoms with E-state index in [0.29, 0.717) is 0 Å². The lowest BCUT2D eigenvalue weighted by molar-refractivity contribution is -0.441. The van der Waals surface area contributed by atoms with Gasteiger partial charge < -0.3 is 0 Å². The number of nitrogens with zero attached hydrogens (tertiary/aromatic N) is 1. The topological polar surface area (TPSA) is 34.3 Å². The van der Waals surface area contributed by atoms with E-state index in [0.717, 1.165) is 24.0 Å². The zero-order valence-corrected chi connectivity index (χ0v) is 7.99. The number of amides is 1. The highest BCUT2D eigenvalue weighted by atomic mass is 32.2. The van der Waals surface area contributed by atoms with Gasteiger partial charge in [-0.2, -0.15) is 4.90 Å². The first kappa shape index (κ1) is 9.32. The molecular weight excluding hydrogens is 172 g/mol. The summed E-state index contributed by atoms with van der Waals surface area (Å²) >= 11 is 1.61. The van der Waals surface area contributed by atoms with Gasteiger partial charge in [0.2, 0.25) is 0 Å². The molecule has 0 aromatic heterocycles. The van der Waals surface area contributed by atoms with Crippen molar-refractivity contribution in [2.24, 2.45) is 0 Å². The van der Waals surface area contributed by atoms with Gasteiger partial charge in [0.1, 0.15) is 13.1 Å². The summed E-state index contributed by atoms with van der Waals surface area (Å²) in [5.41, 5.74) is 0. The van der Waals surface area contributed by atoms with Gasteiger partial charge in [0.15, 0.2) is 0 Å². The van der Waals surface area contributed by atoms with Crippen LogP contribution in [0.25, 0.3) is 0 Å². The number of nitrogens with one attached hydrogen (secondary N) is 1. The van der Waals surface area contributed by atoms with Crippen molar-refractivity contribution in [1.29, 1.82) is 0 Å². The predicted octanol–water partition coefficient (Wildman–Crippen LogP) is -0.796. The molecule has 1 aliphatic rings. The van der Waals surface area contributed by atoms with Gasteiger partial charge in [-0.05, 0) is 11.8 Å². The van der Waals surface area contributed by atoms with Gasteiger partial charge in [-0.3, -0.25) is 4.99 Å². The van der Waals surface area contributed by atoms with E-state index >= 15 is 0 Å². The molecule has 3 nitrogen and oxygen atoms in total. The SMILES string of the molecule is C=CCSC1=[NH+]CCN1C(C)=O. The summed E-state index contributed by atoms with van der Waals surface area (Å²) in [6.07, 6.45) is 1.83. The van der Waals surface area contributed by atoms with Crippen LogP contribution in [0.2, 0.25) is 0 Å². The molecule has 0 saturated heterocycles. The molecule has 1 heterocycles. The highest BCUT2D eigenvalue weighted by Gasteiger charge is 2.28.